The van der Waals surface area contributed by atoms with Crippen molar-refractivity contribution in [2.45, 2.75) is 37.8 Å². The predicted molar refractivity (Wildman–Crippen MR) is 112 cm³/mol. The van der Waals surface area contributed by atoms with E-state index in [2.05, 4.69) is 15.6 Å². The van der Waals surface area contributed by atoms with Crippen LogP contribution in [0.1, 0.15) is 31.2 Å². The normalized spacial score (nSPS) is 16.4. The Morgan fingerprint density at radius 1 is 0.882 bits per heavy atom. The molecule has 13 heteroatoms. The molecular formula is C21H15Cl2F6N3O2. The zero-order valence-electron chi connectivity index (χ0n) is 17.0. The maximum atomic E-state index is 14.7. The summed E-state index contributed by atoms with van der Waals surface area (Å²) in [7, 11) is 0. The number of amides is 2. The third-order valence-electron chi connectivity index (χ3n) is 5.37. The smallest absolute Gasteiger partial charge is 0.310 e. The van der Waals surface area contributed by atoms with E-state index in [0.717, 1.165) is 0 Å². The third-order valence-corrected chi connectivity index (χ3v) is 6.02. The lowest BCUT2D eigenvalue weighted by Crippen LogP contribution is -2.34. The molecule has 34 heavy (non-hydrogen) atoms. The predicted octanol–water partition coefficient (Wildman–Crippen LogP) is 6.55. The van der Waals surface area contributed by atoms with Crippen LogP contribution < -0.4 is 10.6 Å². The molecule has 2 N–H and O–H groups in total. The molecule has 0 radical (unpaired) electrons. The lowest BCUT2D eigenvalue weighted by atomic mass is 10.00. The van der Waals surface area contributed by atoms with Gasteiger partial charge in [0.25, 0.3) is 0 Å². The highest BCUT2D eigenvalue weighted by molar-refractivity contribution is 6.39. The number of hydrogen-bond donors (Lipinski definition) is 2. The van der Waals surface area contributed by atoms with Crippen LogP contribution in [0.25, 0.3) is 11.1 Å². The van der Waals surface area contributed by atoms with Crippen molar-refractivity contribution in [3.05, 3.63) is 39.6 Å². The first-order valence-electron chi connectivity index (χ1n) is 10.1. The van der Waals surface area contributed by atoms with Gasteiger partial charge in [0, 0.05) is 17.4 Å². The Morgan fingerprint density at radius 2 is 1.35 bits per heavy atom. The molecule has 0 atom stereocenters. The Hall–Kier alpha value is -2.53. The molecule has 0 bridgehead atoms. The number of nitrogens with zero attached hydrogens (tertiary/aromatic N) is 1. The zero-order valence-corrected chi connectivity index (χ0v) is 18.5. The highest BCUT2D eigenvalue weighted by Gasteiger charge is 2.60. The van der Waals surface area contributed by atoms with Gasteiger partial charge in [-0.2, -0.15) is 22.0 Å². The number of rotatable bonds is 6. The standard InChI is InChI=1S/C21H15Cl2F6N3O2/c22-12-7-11(20(25,26)21(27,28)29)17(24)16(23)15(12)10-5-13(31-18(33)8-1-2-8)30-14(6-10)32-19(34)9-3-4-9/h5-9H,1-4H2,(H2,30,31,32,33,34). The molecular weight excluding hydrogens is 511 g/mol. The van der Waals surface area contributed by atoms with E-state index in [4.69, 9.17) is 23.2 Å². The summed E-state index contributed by atoms with van der Waals surface area (Å²) in [6.07, 6.45) is -3.38. The lowest BCUT2D eigenvalue weighted by molar-refractivity contribution is -0.290. The fraction of sp³-hybridized carbons (Fsp3) is 0.381. The summed E-state index contributed by atoms with van der Waals surface area (Å²) in [4.78, 5) is 28.5. The number of pyridine rings is 1. The van der Waals surface area contributed by atoms with Crippen LogP contribution in [0.4, 0.5) is 38.0 Å². The molecule has 1 aromatic carbocycles. The van der Waals surface area contributed by atoms with E-state index in [0.29, 0.717) is 25.7 Å². The Kier molecular flexibility index (Phi) is 6.22. The van der Waals surface area contributed by atoms with Crippen molar-refractivity contribution in [1.82, 2.24) is 4.98 Å². The van der Waals surface area contributed by atoms with Gasteiger partial charge in [-0.05, 0) is 49.4 Å². The van der Waals surface area contributed by atoms with Gasteiger partial charge in [0.2, 0.25) is 11.8 Å². The van der Waals surface area contributed by atoms with Gasteiger partial charge in [-0.3, -0.25) is 9.59 Å². The minimum absolute atomic E-state index is 0.0667. The van der Waals surface area contributed by atoms with Crippen molar-refractivity contribution in [3.63, 3.8) is 0 Å². The maximum absolute atomic E-state index is 14.7. The van der Waals surface area contributed by atoms with E-state index in [9.17, 15) is 35.9 Å². The van der Waals surface area contributed by atoms with Gasteiger partial charge in [-0.25, -0.2) is 9.37 Å². The molecule has 0 spiro atoms. The van der Waals surface area contributed by atoms with Crippen molar-refractivity contribution in [2.24, 2.45) is 11.8 Å². The number of alkyl halides is 5. The summed E-state index contributed by atoms with van der Waals surface area (Å²) < 4.78 is 80.6. The molecule has 0 saturated heterocycles. The van der Waals surface area contributed by atoms with Crippen molar-refractivity contribution in [2.75, 3.05) is 10.6 Å². The molecule has 1 heterocycles. The highest BCUT2D eigenvalue weighted by Crippen LogP contribution is 2.49. The first-order chi connectivity index (χ1) is 15.8. The van der Waals surface area contributed by atoms with Crippen LogP contribution in [0.15, 0.2) is 18.2 Å². The van der Waals surface area contributed by atoms with Crippen LogP contribution in [0.2, 0.25) is 10.0 Å². The van der Waals surface area contributed by atoms with Gasteiger partial charge in [-0.1, -0.05) is 23.2 Å². The van der Waals surface area contributed by atoms with Crippen LogP contribution in [-0.2, 0) is 15.5 Å². The number of nitrogens with one attached hydrogen (secondary N) is 2. The average molecular weight is 526 g/mol. The Bertz CT molecular complexity index is 1140. The topological polar surface area (TPSA) is 71.1 Å². The molecule has 2 aliphatic carbocycles. The maximum Gasteiger partial charge on any atom is 0.458 e. The second kappa shape index (κ2) is 8.60. The monoisotopic (exact) mass is 525 g/mol. The summed E-state index contributed by atoms with van der Waals surface area (Å²) in [5, 5.41) is 3.28. The minimum atomic E-state index is -6.08. The molecule has 0 aliphatic heterocycles. The summed E-state index contributed by atoms with van der Waals surface area (Å²) in [6.45, 7) is 0. The van der Waals surface area contributed by atoms with Gasteiger partial charge in [0.15, 0.2) is 5.82 Å². The van der Waals surface area contributed by atoms with Crippen LogP contribution in [0.5, 0.6) is 0 Å². The minimum Gasteiger partial charge on any atom is -0.310 e. The fourth-order valence-electron chi connectivity index (χ4n) is 3.19. The van der Waals surface area contributed by atoms with Gasteiger partial charge < -0.3 is 10.6 Å². The van der Waals surface area contributed by atoms with Crippen LogP contribution in [0.3, 0.4) is 0 Å². The largest absolute Gasteiger partial charge is 0.458 e. The van der Waals surface area contributed by atoms with E-state index >= 15 is 0 Å². The van der Waals surface area contributed by atoms with Gasteiger partial charge in [0.1, 0.15) is 11.6 Å². The first-order valence-corrected chi connectivity index (χ1v) is 10.8. The number of carbonyl (C=O) groups is 2. The number of carbonyl (C=O) groups excluding carboxylic acids is 2. The quantitative estimate of drug-likeness (QED) is 0.332. The highest BCUT2D eigenvalue weighted by atomic mass is 35.5. The summed E-state index contributed by atoms with van der Waals surface area (Å²) in [5.41, 5.74) is -2.51. The molecule has 2 aromatic rings. The Balaban J connectivity index is 1.79. The van der Waals surface area contributed by atoms with Crippen LogP contribution in [-0.4, -0.2) is 23.0 Å². The zero-order chi connectivity index (χ0) is 25.0. The summed E-state index contributed by atoms with van der Waals surface area (Å²) in [6, 6.07) is 2.54. The second-order valence-electron chi connectivity index (χ2n) is 8.13. The molecule has 2 fully saturated rings. The molecule has 2 amide bonds. The number of aromatic nitrogens is 1. The molecule has 2 aliphatic rings. The van der Waals surface area contributed by atoms with Gasteiger partial charge >= 0.3 is 12.1 Å². The van der Waals surface area contributed by atoms with Crippen molar-refractivity contribution < 1.29 is 35.9 Å². The number of benzene rings is 1. The van der Waals surface area contributed by atoms with E-state index < -0.39 is 39.1 Å². The molecule has 4 rings (SSSR count). The van der Waals surface area contributed by atoms with Gasteiger partial charge in [0.05, 0.1) is 15.6 Å². The Labute approximate surface area is 198 Å². The first kappa shape index (κ1) is 24.6. The SMILES string of the molecule is O=C(Nc1cc(-c2c(Cl)cc(C(F)(F)C(F)(F)F)c(F)c2Cl)cc(NC(=O)C2CC2)n1)C1CC1. The van der Waals surface area contributed by atoms with Crippen molar-refractivity contribution in [3.8, 4) is 11.1 Å². The van der Waals surface area contributed by atoms with Crippen molar-refractivity contribution in [1.29, 1.82) is 0 Å². The molecule has 5 nitrogen and oxygen atoms in total. The lowest BCUT2D eigenvalue weighted by Gasteiger charge is -2.22. The van der Waals surface area contributed by atoms with E-state index in [1.54, 1.807) is 0 Å². The third kappa shape index (κ3) is 4.81. The number of anilines is 2. The molecule has 1 aromatic heterocycles. The second-order valence-corrected chi connectivity index (χ2v) is 8.92. The van der Waals surface area contributed by atoms with Gasteiger partial charge in [-0.15, -0.1) is 0 Å². The number of halogens is 8. The number of hydrogen-bond acceptors (Lipinski definition) is 3. The van der Waals surface area contributed by atoms with E-state index in [1.807, 2.05) is 0 Å². The molecule has 182 valence electrons. The Morgan fingerprint density at radius 3 is 1.76 bits per heavy atom. The molecule has 0 unspecified atom stereocenters. The average Bonchev–Trinajstić information content (AvgIpc) is 3.62. The summed E-state index contributed by atoms with van der Waals surface area (Å²) in [5.74, 6) is -8.84. The van der Waals surface area contributed by atoms with Crippen LogP contribution >= 0.6 is 23.2 Å². The van der Waals surface area contributed by atoms with Crippen molar-refractivity contribution >= 4 is 46.7 Å². The van der Waals surface area contributed by atoms with E-state index in [-0.39, 0.29) is 46.9 Å². The molecule has 2 saturated carbocycles. The van der Waals surface area contributed by atoms with Crippen LogP contribution in [0, 0.1) is 17.7 Å². The summed E-state index contributed by atoms with van der Waals surface area (Å²) >= 11 is 11.9. The fourth-order valence-corrected chi connectivity index (χ4v) is 3.87. The van der Waals surface area contributed by atoms with E-state index in [1.165, 1.54) is 12.1 Å².